The number of ether oxygens (including phenoxy) is 1. The molecule has 0 aromatic carbocycles. The first-order chi connectivity index (χ1) is 11.8. The van der Waals surface area contributed by atoms with Gasteiger partial charge in [0.2, 0.25) is 0 Å². The Bertz CT molecular complexity index is 433. The van der Waals surface area contributed by atoms with Gasteiger partial charge >= 0.3 is 5.97 Å². The van der Waals surface area contributed by atoms with Crippen LogP contribution in [0.3, 0.4) is 0 Å². The molecular weight excluding hydrogens is 298 g/mol. The van der Waals surface area contributed by atoms with E-state index in [9.17, 15) is 4.79 Å². The van der Waals surface area contributed by atoms with E-state index in [1.807, 2.05) is 0 Å². The topological polar surface area (TPSA) is 29.5 Å². The van der Waals surface area contributed by atoms with Gasteiger partial charge in [-0.05, 0) is 44.9 Å². The summed E-state index contributed by atoms with van der Waals surface area (Å²) >= 11 is 0. The van der Waals surface area contributed by atoms with Crippen molar-refractivity contribution in [2.75, 3.05) is 20.2 Å². The quantitative estimate of drug-likeness (QED) is 0.636. The van der Waals surface area contributed by atoms with Gasteiger partial charge in [-0.15, -0.1) is 0 Å². The van der Waals surface area contributed by atoms with Gasteiger partial charge in [0.15, 0.2) is 0 Å². The van der Waals surface area contributed by atoms with Crippen molar-refractivity contribution < 1.29 is 9.53 Å². The maximum absolute atomic E-state index is 12.4. The van der Waals surface area contributed by atoms with Crippen molar-refractivity contribution in [1.29, 1.82) is 0 Å². The van der Waals surface area contributed by atoms with Crippen LogP contribution in [0.4, 0.5) is 0 Å². The summed E-state index contributed by atoms with van der Waals surface area (Å²) in [6, 6.07) is 0. The third-order valence-corrected chi connectivity index (χ3v) is 5.22. The second-order valence-corrected chi connectivity index (χ2v) is 7.15. The lowest BCUT2D eigenvalue weighted by atomic mass is 10.0. The molecule has 24 heavy (non-hydrogen) atoms. The fourth-order valence-corrected chi connectivity index (χ4v) is 3.78. The van der Waals surface area contributed by atoms with Crippen LogP contribution in [-0.2, 0) is 9.53 Å². The van der Waals surface area contributed by atoms with Gasteiger partial charge in [0.1, 0.15) is 0 Å². The zero-order chi connectivity index (χ0) is 17.0. The van der Waals surface area contributed by atoms with Crippen LogP contribution < -0.4 is 0 Å². The molecule has 0 bridgehead atoms. The van der Waals surface area contributed by atoms with E-state index >= 15 is 0 Å². The van der Waals surface area contributed by atoms with Crippen LogP contribution >= 0.6 is 0 Å². The molecule has 0 radical (unpaired) electrons. The van der Waals surface area contributed by atoms with E-state index in [0.29, 0.717) is 0 Å². The van der Waals surface area contributed by atoms with Gasteiger partial charge in [-0.3, -0.25) is 0 Å². The number of carbonyl (C=O) groups is 1. The molecule has 0 saturated carbocycles. The SMILES string of the molecule is COC(=O)C1=C/CCCCCCCCCC/C=C\1N1CCCCC1. The molecule has 0 atom stereocenters. The molecule has 136 valence electrons. The first-order valence-corrected chi connectivity index (χ1v) is 10.1. The van der Waals surface area contributed by atoms with Crippen molar-refractivity contribution in [3.63, 3.8) is 0 Å². The van der Waals surface area contributed by atoms with Crippen molar-refractivity contribution in [2.24, 2.45) is 0 Å². The van der Waals surface area contributed by atoms with E-state index in [-0.39, 0.29) is 5.97 Å². The maximum Gasteiger partial charge on any atom is 0.339 e. The second kappa shape index (κ2) is 11.3. The number of methoxy groups -OCH3 is 1. The lowest BCUT2D eigenvalue weighted by molar-refractivity contribution is -0.136. The number of likely N-dealkylation sites (tertiary alicyclic amines) is 1. The minimum atomic E-state index is -0.168. The molecule has 2 rings (SSSR count). The fourth-order valence-electron chi connectivity index (χ4n) is 3.78. The van der Waals surface area contributed by atoms with Gasteiger partial charge in [0.25, 0.3) is 0 Å². The van der Waals surface area contributed by atoms with Crippen LogP contribution in [0.1, 0.15) is 83.5 Å². The predicted molar refractivity (Wildman–Crippen MR) is 99.8 cm³/mol. The van der Waals surface area contributed by atoms with Crippen LogP contribution in [0, 0.1) is 0 Å². The Morgan fingerprint density at radius 1 is 0.792 bits per heavy atom. The second-order valence-electron chi connectivity index (χ2n) is 7.15. The Morgan fingerprint density at radius 2 is 1.29 bits per heavy atom. The Hall–Kier alpha value is -1.25. The van der Waals surface area contributed by atoms with Crippen LogP contribution in [0.25, 0.3) is 0 Å². The van der Waals surface area contributed by atoms with Gasteiger partial charge in [0, 0.05) is 18.8 Å². The Morgan fingerprint density at radius 3 is 1.88 bits per heavy atom. The molecule has 2 aliphatic rings. The number of nitrogens with zero attached hydrogens (tertiary/aromatic N) is 1. The van der Waals surface area contributed by atoms with E-state index in [1.54, 1.807) is 0 Å². The van der Waals surface area contributed by atoms with E-state index in [1.165, 1.54) is 77.7 Å². The highest BCUT2D eigenvalue weighted by atomic mass is 16.5. The van der Waals surface area contributed by atoms with Crippen LogP contribution in [-0.4, -0.2) is 31.1 Å². The average molecular weight is 334 g/mol. The van der Waals surface area contributed by atoms with E-state index < -0.39 is 0 Å². The summed E-state index contributed by atoms with van der Waals surface area (Å²) in [4.78, 5) is 14.8. The molecule has 0 spiro atoms. The molecule has 1 saturated heterocycles. The molecule has 1 heterocycles. The molecule has 0 aromatic rings. The number of hydrogen-bond acceptors (Lipinski definition) is 3. The van der Waals surface area contributed by atoms with Gasteiger partial charge in [-0.1, -0.05) is 50.7 Å². The molecule has 3 nitrogen and oxygen atoms in total. The van der Waals surface area contributed by atoms with Gasteiger partial charge in [-0.2, -0.15) is 0 Å². The van der Waals surface area contributed by atoms with Crippen molar-refractivity contribution in [3.05, 3.63) is 23.4 Å². The largest absolute Gasteiger partial charge is 0.465 e. The Balaban J connectivity index is 2.17. The first-order valence-electron chi connectivity index (χ1n) is 10.1. The number of piperidine rings is 1. The Kier molecular flexibility index (Phi) is 9.01. The van der Waals surface area contributed by atoms with Crippen molar-refractivity contribution in [2.45, 2.75) is 83.5 Å². The molecule has 0 amide bonds. The third-order valence-electron chi connectivity index (χ3n) is 5.22. The fraction of sp³-hybridized carbons (Fsp3) is 0.762. The van der Waals surface area contributed by atoms with Crippen molar-refractivity contribution in [3.8, 4) is 0 Å². The molecule has 1 aliphatic heterocycles. The third kappa shape index (κ3) is 6.33. The highest BCUT2D eigenvalue weighted by molar-refractivity contribution is 5.93. The summed E-state index contributed by atoms with van der Waals surface area (Å²) in [5, 5.41) is 0. The smallest absolute Gasteiger partial charge is 0.339 e. The highest BCUT2D eigenvalue weighted by Crippen LogP contribution is 2.24. The van der Waals surface area contributed by atoms with Crippen LogP contribution in [0.5, 0.6) is 0 Å². The molecule has 1 fully saturated rings. The summed E-state index contributed by atoms with van der Waals surface area (Å²) in [6.07, 6.45) is 20.7. The summed E-state index contributed by atoms with van der Waals surface area (Å²) in [6.45, 7) is 2.14. The zero-order valence-electron chi connectivity index (χ0n) is 15.5. The van der Waals surface area contributed by atoms with E-state index in [0.717, 1.165) is 37.2 Å². The molecule has 1 aliphatic carbocycles. The minimum absolute atomic E-state index is 0.168. The highest BCUT2D eigenvalue weighted by Gasteiger charge is 2.21. The molecule has 3 heteroatoms. The normalized spacial score (nSPS) is 26.5. The first kappa shape index (κ1) is 19.1. The molecular formula is C21H35NO2. The minimum Gasteiger partial charge on any atom is -0.465 e. The van der Waals surface area contributed by atoms with Gasteiger partial charge < -0.3 is 9.64 Å². The zero-order valence-corrected chi connectivity index (χ0v) is 15.5. The van der Waals surface area contributed by atoms with Crippen molar-refractivity contribution in [1.82, 2.24) is 4.90 Å². The molecule has 0 aromatic heterocycles. The van der Waals surface area contributed by atoms with Crippen molar-refractivity contribution >= 4 is 5.97 Å². The lowest BCUT2D eigenvalue weighted by Gasteiger charge is -2.32. The van der Waals surface area contributed by atoms with E-state index in [2.05, 4.69) is 17.1 Å². The van der Waals surface area contributed by atoms with Crippen LogP contribution in [0.2, 0.25) is 0 Å². The lowest BCUT2D eigenvalue weighted by Crippen LogP contribution is -2.31. The number of esters is 1. The summed E-state index contributed by atoms with van der Waals surface area (Å²) in [5.74, 6) is -0.168. The predicted octanol–water partition coefficient (Wildman–Crippen LogP) is 5.37. The Labute approximate surface area is 148 Å². The molecule has 0 N–H and O–H groups in total. The monoisotopic (exact) mass is 333 g/mol. The van der Waals surface area contributed by atoms with Gasteiger partial charge in [0.05, 0.1) is 12.7 Å². The molecule has 0 unspecified atom stereocenters. The number of rotatable bonds is 2. The summed E-state index contributed by atoms with van der Waals surface area (Å²) in [5.41, 5.74) is 1.94. The van der Waals surface area contributed by atoms with E-state index in [4.69, 9.17) is 4.74 Å². The summed E-state index contributed by atoms with van der Waals surface area (Å²) < 4.78 is 5.11. The average Bonchev–Trinajstić information content (AvgIpc) is 2.63. The van der Waals surface area contributed by atoms with Crippen LogP contribution in [0.15, 0.2) is 23.4 Å². The number of carbonyl (C=O) groups excluding carboxylic acids is 1. The number of allylic oxidation sites excluding steroid dienone is 2. The van der Waals surface area contributed by atoms with Gasteiger partial charge in [-0.25, -0.2) is 4.79 Å². The maximum atomic E-state index is 12.4. The number of hydrogen-bond donors (Lipinski definition) is 0. The standard InChI is InChI=1S/C21H35NO2/c1-24-21(23)19-15-11-8-6-4-2-3-5-7-9-12-16-20(19)22-17-13-10-14-18-22/h15-16H,2-14,17-18H2,1H3/b19-15+,20-16+. The summed E-state index contributed by atoms with van der Waals surface area (Å²) in [7, 11) is 1.50.